The van der Waals surface area contributed by atoms with Crippen molar-refractivity contribution in [3.63, 3.8) is 0 Å². The maximum atomic E-state index is 2.24. The minimum absolute atomic E-state index is 0.889. The van der Waals surface area contributed by atoms with Gasteiger partial charge in [0.2, 0.25) is 0 Å². The van der Waals surface area contributed by atoms with Crippen molar-refractivity contribution in [2.45, 2.75) is 19.5 Å². The Bertz CT molecular complexity index is 28.7. The average Bonchev–Trinajstić information content (AvgIpc) is 1.35. The summed E-state index contributed by atoms with van der Waals surface area (Å²) in [5, 5.41) is 0. The second kappa shape index (κ2) is 3.95. The van der Waals surface area contributed by atoms with E-state index >= 15 is 0 Å². The van der Waals surface area contributed by atoms with Crippen LogP contribution in [0.25, 0.3) is 0 Å². The molecule has 1 atom stereocenters. The predicted octanol–water partition coefficient (Wildman–Crippen LogP) is 2.35. The van der Waals surface area contributed by atoms with Gasteiger partial charge < -0.3 is 0 Å². The van der Waals surface area contributed by atoms with Crippen molar-refractivity contribution in [1.29, 1.82) is 0 Å². The van der Waals surface area contributed by atoms with Gasteiger partial charge in [0.05, 0.1) is 0 Å². The zero-order chi connectivity index (χ0) is 4.99. The number of hydrogen-bond donors (Lipinski definition) is 0. The second-order valence-electron chi connectivity index (χ2n) is 1.48. The quantitative estimate of drug-likeness (QED) is 0.506. The molecule has 0 spiro atoms. The molecule has 0 aliphatic rings. The molecule has 0 heterocycles. The van der Waals surface area contributed by atoms with Gasteiger partial charge in [-0.25, -0.2) is 0 Å². The van der Waals surface area contributed by atoms with Gasteiger partial charge in [-0.05, 0) is 11.9 Å². The van der Waals surface area contributed by atoms with Gasteiger partial charge in [-0.1, -0.05) is 21.6 Å². The van der Waals surface area contributed by atoms with Crippen LogP contribution in [0.3, 0.4) is 0 Å². The minimum atomic E-state index is 0.889. The predicted molar refractivity (Wildman–Crippen MR) is 37.0 cm³/mol. The van der Waals surface area contributed by atoms with E-state index in [1.54, 1.807) is 0 Å². The number of hydrogen-bond acceptors (Lipinski definition) is 1. The van der Waals surface area contributed by atoms with E-state index in [4.69, 9.17) is 0 Å². The minimum Gasteiger partial charge on any atom is -0.141 e. The third-order valence-corrected chi connectivity index (χ3v) is 3.18. The van der Waals surface area contributed by atoms with Gasteiger partial charge in [0.1, 0.15) is 0 Å². The van der Waals surface area contributed by atoms with E-state index in [0.717, 1.165) is 13.4 Å². The van der Waals surface area contributed by atoms with Gasteiger partial charge in [0.25, 0.3) is 0 Å². The molecule has 0 fully saturated rings. The van der Waals surface area contributed by atoms with Gasteiger partial charge in [-0.15, -0.1) is 11.4 Å². The van der Waals surface area contributed by atoms with Gasteiger partial charge in [0.15, 0.2) is 0 Å². The topological polar surface area (TPSA) is 0 Å². The molecule has 0 aromatic carbocycles. The molecule has 0 aromatic heterocycles. The Labute approximate surface area is 45.6 Å². The van der Waals surface area contributed by atoms with Crippen LogP contribution >= 0.6 is 19.2 Å². The standard InChI is InChI=1S/C4H11PS/c1-4(2)5-6-3/h4-5H,1-3H3. The van der Waals surface area contributed by atoms with E-state index < -0.39 is 0 Å². The molecule has 0 saturated carbocycles. The Morgan fingerprint density at radius 3 is 2.00 bits per heavy atom. The second-order valence-corrected chi connectivity index (χ2v) is 5.21. The summed E-state index contributed by atoms with van der Waals surface area (Å²) in [5.74, 6) is 0. The normalized spacial score (nSPS) is 12.0. The summed E-state index contributed by atoms with van der Waals surface area (Å²) in [6.07, 6.45) is 2.15. The van der Waals surface area contributed by atoms with Crippen LogP contribution in [-0.2, 0) is 0 Å². The highest BCUT2D eigenvalue weighted by Gasteiger charge is 1.85. The molecule has 0 aromatic rings. The lowest BCUT2D eigenvalue weighted by molar-refractivity contribution is 1.11. The van der Waals surface area contributed by atoms with Crippen LogP contribution in [0, 0.1) is 0 Å². The van der Waals surface area contributed by atoms with E-state index in [9.17, 15) is 0 Å². The van der Waals surface area contributed by atoms with Crippen molar-refractivity contribution in [2.75, 3.05) is 6.26 Å². The van der Waals surface area contributed by atoms with E-state index in [1.165, 1.54) is 0 Å². The monoisotopic (exact) mass is 122 g/mol. The molecule has 0 aliphatic heterocycles. The van der Waals surface area contributed by atoms with Gasteiger partial charge >= 0.3 is 0 Å². The summed E-state index contributed by atoms with van der Waals surface area (Å²) < 4.78 is 0. The lowest BCUT2D eigenvalue weighted by atomic mass is 10.6. The molecule has 0 nitrogen and oxygen atoms in total. The Morgan fingerprint density at radius 1 is 1.50 bits per heavy atom. The lowest BCUT2D eigenvalue weighted by Gasteiger charge is -1.96. The SMILES string of the molecule is CSPC(C)C. The Hall–Kier alpha value is 0.780. The smallest absolute Gasteiger partial charge is 0.0145 e. The van der Waals surface area contributed by atoms with Crippen LogP contribution in [0.15, 0.2) is 0 Å². The van der Waals surface area contributed by atoms with Crippen molar-refractivity contribution < 1.29 is 0 Å². The zero-order valence-electron chi connectivity index (χ0n) is 4.49. The van der Waals surface area contributed by atoms with Crippen molar-refractivity contribution in [2.24, 2.45) is 0 Å². The van der Waals surface area contributed by atoms with E-state index in [0.29, 0.717) is 0 Å². The lowest BCUT2D eigenvalue weighted by Crippen LogP contribution is -1.75. The molecule has 6 heavy (non-hydrogen) atoms. The van der Waals surface area contributed by atoms with Crippen LogP contribution in [0.1, 0.15) is 13.8 Å². The summed E-state index contributed by atoms with van der Waals surface area (Å²) in [6.45, 7) is 4.49. The van der Waals surface area contributed by atoms with Gasteiger partial charge in [0, 0.05) is 0 Å². The molecular formula is C4H11PS. The number of rotatable bonds is 2. The largest absolute Gasteiger partial charge is 0.141 e. The maximum Gasteiger partial charge on any atom is -0.0145 e. The Kier molecular flexibility index (Phi) is 4.47. The summed E-state index contributed by atoms with van der Waals surface area (Å²) in [4.78, 5) is 0. The van der Waals surface area contributed by atoms with Crippen molar-refractivity contribution in [1.82, 2.24) is 0 Å². The fourth-order valence-electron chi connectivity index (χ4n) is 0.236. The van der Waals surface area contributed by atoms with E-state index in [2.05, 4.69) is 20.1 Å². The maximum absolute atomic E-state index is 2.24. The van der Waals surface area contributed by atoms with Crippen LogP contribution in [-0.4, -0.2) is 11.9 Å². The Morgan fingerprint density at radius 2 is 2.00 bits per heavy atom. The summed E-state index contributed by atoms with van der Waals surface area (Å²) in [5.41, 5.74) is 0.889. The average molecular weight is 122 g/mol. The molecular weight excluding hydrogens is 111 g/mol. The molecule has 2 heteroatoms. The van der Waals surface area contributed by atoms with E-state index in [1.807, 2.05) is 11.4 Å². The third-order valence-electron chi connectivity index (χ3n) is 0.354. The first-order chi connectivity index (χ1) is 2.77. The highest BCUT2D eigenvalue weighted by Crippen LogP contribution is 2.30. The molecule has 0 N–H and O–H groups in total. The molecule has 0 saturated heterocycles. The molecule has 0 bridgehead atoms. The molecule has 0 rings (SSSR count). The molecule has 0 aliphatic carbocycles. The van der Waals surface area contributed by atoms with Crippen LogP contribution in [0.2, 0.25) is 0 Å². The van der Waals surface area contributed by atoms with Crippen molar-refractivity contribution >= 4 is 19.2 Å². The summed E-state index contributed by atoms with van der Waals surface area (Å²) in [6, 6.07) is 0. The summed E-state index contributed by atoms with van der Waals surface area (Å²) >= 11 is 1.94. The van der Waals surface area contributed by atoms with Gasteiger partial charge in [-0.2, -0.15) is 0 Å². The van der Waals surface area contributed by atoms with Crippen molar-refractivity contribution in [3.8, 4) is 0 Å². The van der Waals surface area contributed by atoms with Crippen LogP contribution in [0.4, 0.5) is 0 Å². The first kappa shape index (κ1) is 6.78. The molecule has 1 unspecified atom stereocenters. The highest BCUT2D eigenvalue weighted by atomic mass is 32.7. The van der Waals surface area contributed by atoms with Gasteiger partial charge in [-0.3, -0.25) is 0 Å². The first-order valence-electron chi connectivity index (χ1n) is 2.06. The van der Waals surface area contributed by atoms with Crippen LogP contribution in [0.5, 0.6) is 0 Å². The van der Waals surface area contributed by atoms with Crippen LogP contribution < -0.4 is 0 Å². The van der Waals surface area contributed by atoms with E-state index in [-0.39, 0.29) is 0 Å². The fourth-order valence-corrected chi connectivity index (χ4v) is 2.12. The van der Waals surface area contributed by atoms with Crippen molar-refractivity contribution in [3.05, 3.63) is 0 Å². The zero-order valence-corrected chi connectivity index (χ0v) is 6.30. The molecule has 38 valence electrons. The summed E-state index contributed by atoms with van der Waals surface area (Å²) in [7, 11) is 1.09. The molecule has 0 amide bonds. The third kappa shape index (κ3) is 4.78. The first-order valence-corrected chi connectivity index (χ1v) is 5.08. The molecule has 0 radical (unpaired) electrons. The Balaban J connectivity index is 2.63. The fraction of sp³-hybridized carbons (Fsp3) is 1.00. The highest BCUT2D eigenvalue weighted by molar-refractivity contribution is 8.49.